The second kappa shape index (κ2) is 11.5. The summed E-state index contributed by atoms with van der Waals surface area (Å²) in [6, 6.07) is 9.92. The maximum atomic E-state index is 6.26. The fraction of sp³-hybridized carbons (Fsp3) is 0.375. The van der Waals surface area contributed by atoms with Crippen LogP contribution < -0.4 is 20.9 Å². The molecule has 1 fully saturated rings. The average Bonchev–Trinajstić information content (AvgIpc) is 2.84. The van der Waals surface area contributed by atoms with Crippen LogP contribution in [0.4, 0.5) is 17.5 Å². The van der Waals surface area contributed by atoms with Crippen molar-refractivity contribution in [2.75, 3.05) is 36.2 Å². The average molecular weight is 572 g/mol. The van der Waals surface area contributed by atoms with Crippen LogP contribution in [0.15, 0.2) is 30.3 Å². The van der Waals surface area contributed by atoms with Crippen LogP contribution in [0.2, 0.25) is 20.1 Å². The molecule has 35 heavy (non-hydrogen) atoms. The summed E-state index contributed by atoms with van der Waals surface area (Å²) in [6.45, 7) is 0.749. The second-order valence-electron chi connectivity index (χ2n) is 8.82. The van der Waals surface area contributed by atoms with Crippen LogP contribution >= 0.6 is 58.6 Å². The Morgan fingerprint density at radius 2 is 1.66 bits per heavy atom. The molecule has 0 spiro atoms. The molecule has 4 rings (SSSR count). The van der Waals surface area contributed by atoms with Crippen molar-refractivity contribution in [2.45, 2.75) is 31.7 Å². The Labute approximate surface area is 230 Å². The molecule has 0 amide bonds. The van der Waals surface area contributed by atoms with E-state index in [2.05, 4.69) is 22.0 Å². The van der Waals surface area contributed by atoms with Crippen LogP contribution in [-0.4, -0.2) is 41.8 Å². The highest BCUT2D eigenvalue weighted by Crippen LogP contribution is 2.41. The second-order valence-corrected chi connectivity index (χ2v) is 10.8. The van der Waals surface area contributed by atoms with E-state index in [9.17, 15) is 0 Å². The van der Waals surface area contributed by atoms with Crippen LogP contribution in [0.25, 0.3) is 10.9 Å². The molecule has 186 valence electrons. The number of rotatable bonds is 6. The van der Waals surface area contributed by atoms with Crippen molar-refractivity contribution in [3.05, 3.63) is 50.4 Å². The molecule has 1 aliphatic rings. The number of benzene rings is 2. The van der Waals surface area contributed by atoms with Gasteiger partial charge in [0.25, 0.3) is 0 Å². The van der Waals surface area contributed by atoms with Crippen LogP contribution in [0.3, 0.4) is 0 Å². The van der Waals surface area contributed by atoms with Gasteiger partial charge in [0, 0.05) is 32.1 Å². The molecule has 11 heteroatoms. The lowest BCUT2D eigenvalue weighted by molar-refractivity contribution is 0.336. The highest BCUT2D eigenvalue weighted by atomic mass is 35.5. The van der Waals surface area contributed by atoms with Gasteiger partial charge in [0.05, 0.1) is 31.3 Å². The van der Waals surface area contributed by atoms with E-state index in [1.165, 1.54) is 6.07 Å². The number of hydrogen-bond donors (Lipinski definition) is 3. The molecular weight excluding hydrogens is 546 g/mol. The van der Waals surface area contributed by atoms with Gasteiger partial charge in [0.15, 0.2) is 5.11 Å². The summed E-state index contributed by atoms with van der Waals surface area (Å²) in [5.41, 5.74) is 1.34. The van der Waals surface area contributed by atoms with Crippen LogP contribution in [0.5, 0.6) is 0 Å². The minimum Gasteiger partial charge on any atom is -0.362 e. The monoisotopic (exact) mass is 570 g/mol. The van der Waals surface area contributed by atoms with E-state index in [1.54, 1.807) is 0 Å². The number of nitrogens with zero attached hydrogens (tertiary/aromatic N) is 3. The Hall–Kier alpha value is -1.77. The molecule has 0 unspecified atom stereocenters. The maximum absolute atomic E-state index is 6.26. The van der Waals surface area contributed by atoms with Gasteiger partial charge in [-0.25, -0.2) is 4.98 Å². The van der Waals surface area contributed by atoms with E-state index in [-0.39, 0.29) is 10.0 Å². The van der Waals surface area contributed by atoms with Gasteiger partial charge in [-0.1, -0.05) is 58.5 Å². The van der Waals surface area contributed by atoms with Gasteiger partial charge in [0.1, 0.15) is 5.82 Å². The van der Waals surface area contributed by atoms with Crippen molar-refractivity contribution in [3.63, 3.8) is 0 Å². The van der Waals surface area contributed by atoms with Crippen molar-refractivity contribution in [3.8, 4) is 0 Å². The minimum absolute atomic E-state index is 0.283. The molecule has 1 aliphatic carbocycles. The Balaban J connectivity index is 1.30. The summed E-state index contributed by atoms with van der Waals surface area (Å²) in [6.07, 6.45) is 4.18. The standard InChI is InChI=1S/C24H26Cl4N6S/c1-34(2)22-15-5-3-4-6-18(15)31-23(33-22)30-14-9-7-13(8-10-14)12-29-24(35)32-21-19(27)16(25)11-17(26)20(21)28/h3-6,11,13-14H,7-10,12H2,1-2H3,(H2,29,32,35)(H,30,31,33)/t13-,14+. The molecule has 0 bridgehead atoms. The molecular formula is C24H26Cl4N6S. The van der Waals surface area contributed by atoms with Gasteiger partial charge in [0.2, 0.25) is 5.95 Å². The molecule has 0 radical (unpaired) electrons. The molecule has 0 saturated heterocycles. The SMILES string of the molecule is CN(C)c1nc(N[C@H]2CC[C@@H](CNC(=S)Nc3c(Cl)c(Cl)cc(Cl)c3Cl)CC2)nc2ccccc12. The predicted octanol–water partition coefficient (Wildman–Crippen LogP) is 7.27. The lowest BCUT2D eigenvalue weighted by atomic mass is 9.86. The van der Waals surface area contributed by atoms with Crippen molar-refractivity contribution in [1.82, 2.24) is 15.3 Å². The first-order chi connectivity index (χ1) is 16.7. The number of hydrogen-bond acceptors (Lipinski definition) is 5. The van der Waals surface area contributed by atoms with E-state index < -0.39 is 0 Å². The molecule has 6 nitrogen and oxygen atoms in total. The van der Waals surface area contributed by atoms with Crippen molar-refractivity contribution >= 4 is 92.1 Å². The molecule has 2 aromatic carbocycles. The number of halogens is 4. The zero-order chi connectivity index (χ0) is 25.1. The Morgan fingerprint density at radius 1 is 1.00 bits per heavy atom. The fourth-order valence-corrected chi connectivity index (χ4v) is 5.33. The number of anilines is 3. The number of thiocarbonyl (C=S) groups is 1. The lowest BCUT2D eigenvalue weighted by Crippen LogP contribution is -2.36. The van der Waals surface area contributed by atoms with Gasteiger partial charge in [-0.05, 0) is 62.0 Å². The third-order valence-electron chi connectivity index (χ3n) is 6.09. The molecule has 3 aromatic rings. The Kier molecular flexibility index (Phi) is 8.66. The number of fused-ring (bicyclic) bond motifs is 1. The lowest BCUT2D eigenvalue weighted by Gasteiger charge is -2.30. The molecule has 1 saturated carbocycles. The largest absolute Gasteiger partial charge is 0.362 e. The molecule has 0 atom stereocenters. The summed E-state index contributed by atoms with van der Waals surface area (Å²) in [4.78, 5) is 11.5. The Bertz CT molecular complexity index is 1200. The van der Waals surface area contributed by atoms with Crippen LogP contribution in [-0.2, 0) is 0 Å². The van der Waals surface area contributed by atoms with E-state index in [4.69, 9.17) is 68.6 Å². The smallest absolute Gasteiger partial charge is 0.225 e. The van der Waals surface area contributed by atoms with Gasteiger partial charge >= 0.3 is 0 Å². The van der Waals surface area contributed by atoms with Crippen molar-refractivity contribution in [1.29, 1.82) is 0 Å². The first-order valence-electron chi connectivity index (χ1n) is 11.3. The van der Waals surface area contributed by atoms with E-state index >= 15 is 0 Å². The van der Waals surface area contributed by atoms with Gasteiger partial charge < -0.3 is 20.9 Å². The molecule has 0 aliphatic heterocycles. The van der Waals surface area contributed by atoms with Crippen molar-refractivity contribution < 1.29 is 0 Å². The van der Waals surface area contributed by atoms with Gasteiger partial charge in [-0.3, -0.25) is 0 Å². The topological polar surface area (TPSA) is 65.1 Å². The van der Waals surface area contributed by atoms with Crippen molar-refractivity contribution in [2.24, 2.45) is 5.92 Å². The molecule has 1 aromatic heterocycles. The summed E-state index contributed by atoms with van der Waals surface area (Å²) < 4.78 is 0. The summed E-state index contributed by atoms with van der Waals surface area (Å²) in [5.74, 6) is 2.09. The normalized spacial score (nSPS) is 17.8. The van der Waals surface area contributed by atoms with E-state index in [0.29, 0.717) is 38.8 Å². The highest BCUT2D eigenvalue weighted by Gasteiger charge is 2.23. The van der Waals surface area contributed by atoms with E-state index in [1.807, 2.05) is 37.2 Å². The first kappa shape index (κ1) is 26.3. The highest BCUT2D eigenvalue weighted by molar-refractivity contribution is 7.80. The third kappa shape index (κ3) is 6.33. The molecule has 1 heterocycles. The zero-order valence-electron chi connectivity index (χ0n) is 19.3. The summed E-state index contributed by atoms with van der Waals surface area (Å²) in [5, 5.41) is 12.5. The summed E-state index contributed by atoms with van der Waals surface area (Å²) in [7, 11) is 4.00. The van der Waals surface area contributed by atoms with Crippen LogP contribution in [0, 0.1) is 5.92 Å². The number of para-hydroxylation sites is 1. The quantitative estimate of drug-likeness (QED) is 0.212. The van der Waals surface area contributed by atoms with E-state index in [0.717, 1.165) is 48.9 Å². The van der Waals surface area contributed by atoms with Gasteiger partial charge in [-0.15, -0.1) is 0 Å². The first-order valence-corrected chi connectivity index (χ1v) is 13.2. The number of nitrogens with one attached hydrogen (secondary N) is 3. The van der Waals surface area contributed by atoms with Gasteiger partial charge in [-0.2, -0.15) is 4.98 Å². The minimum atomic E-state index is 0.283. The Morgan fingerprint density at radius 3 is 2.31 bits per heavy atom. The molecule has 3 N–H and O–H groups in total. The number of aromatic nitrogens is 2. The van der Waals surface area contributed by atoms with Crippen LogP contribution in [0.1, 0.15) is 25.7 Å². The zero-order valence-corrected chi connectivity index (χ0v) is 23.2. The third-order valence-corrected chi connectivity index (χ3v) is 7.91. The summed E-state index contributed by atoms with van der Waals surface area (Å²) >= 11 is 30.2. The predicted molar refractivity (Wildman–Crippen MR) is 154 cm³/mol. The maximum Gasteiger partial charge on any atom is 0.225 e. The fourth-order valence-electron chi connectivity index (χ4n) is 4.24.